The summed E-state index contributed by atoms with van der Waals surface area (Å²) in [5.74, 6) is 0.0652. The van der Waals surface area contributed by atoms with Gasteiger partial charge in [0.2, 0.25) is 5.91 Å². The first-order valence-corrected chi connectivity index (χ1v) is 10.7. The van der Waals surface area contributed by atoms with Crippen molar-refractivity contribution in [3.8, 4) is 5.75 Å². The monoisotopic (exact) mass is 464 g/mol. The first-order valence-electron chi connectivity index (χ1n) is 9.06. The van der Waals surface area contributed by atoms with Crippen LogP contribution in [0, 0.1) is 0 Å². The van der Waals surface area contributed by atoms with Crippen LogP contribution in [0.4, 0.5) is 4.79 Å². The summed E-state index contributed by atoms with van der Waals surface area (Å²) in [4.78, 5) is 40.4. The zero-order valence-corrected chi connectivity index (χ0v) is 17.8. The third-order valence-electron chi connectivity index (χ3n) is 4.49. The molecule has 2 saturated heterocycles. The molecule has 2 aliphatic rings. The summed E-state index contributed by atoms with van der Waals surface area (Å²) in [6.07, 6.45) is 6.35. The summed E-state index contributed by atoms with van der Waals surface area (Å²) in [5.41, 5.74) is 0.755. The normalized spacial score (nSPS) is 18.7. The summed E-state index contributed by atoms with van der Waals surface area (Å²) < 4.78 is 6.24. The number of amides is 3. The lowest BCUT2D eigenvalue weighted by Gasteiger charge is -2.27. The number of piperidine rings is 1. The van der Waals surface area contributed by atoms with Crippen LogP contribution in [0.1, 0.15) is 24.8 Å². The van der Waals surface area contributed by atoms with Crippen LogP contribution in [0.2, 0.25) is 0 Å². The number of thioether (sulfide) groups is 1. The number of likely N-dealkylation sites (tertiary alicyclic amines) is 1. The Morgan fingerprint density at radius 1 is 1.25 bits per heavy atom. The second-order valence-electron chi connectivity index (χ2n) is 6.50. The fourth-order valence-electron chi connectivity index (χ4n) is 3.04. The summed E-state index contributed by atoms with van der Waals surface area (Å²) in [7, 11) is 0. The maximum Gasteiger partial charge on any atom is 0.294 e. The van der Waals surface area contributed by atoms with E-state index in [1.165, 1.54) is 0 Å². The summed E-state index contributed by atoms with van der Waals surface area (Å²) in [5, 5.41) is -0.411. The fourth-order valence-corrected chi connectivity index (χ4v) is 4.39. The first-order chi connectivity index (χ1) is 13.5. The molecule has 1 aromatic rings. The van der Waals surface area contributed by atoms with Gasteiger partial charge in [0.05, 0.1) is 9.38 Å². The first kappa shape index (κ1) is 20.7. The van der Waals surface area contributed by atoms with Crippen LogP contribution >= 0.6 is 27.7 Å². The van der Waals surface area contributed by atoms with E-state index in [2.05, 4.69) is 22.5 Å². The largest absolute Gasteiger partial charge is 0.488 e. The van der Waals surface area contributed by atoms with E-state index in [9.17, 15) is 14.4 Å². The lowest BCUT2D eigenvalue weighted by atomic mass is 10.1. The van der Waals surface area contributed by atoms with Crippen molar-refractivity contribution in [2.24, 2.45) is 0 Å². The van der Waals surface area contributed by atoms with Gasteiger partial charge in [0, 0.05) is 13.1 Å². The number of halogens is 1. The Balaban J connectivity index is 1.69. The highest BCUT2D eigenvalue weighted by Gasteiger charge is 2.37. The van der Waals surface area contributed by atoms with Crippen LogP contribution < -0.4 is 4.74 Å². The maximum absolute atomic E-state index is 12.6. The topological polar surface area (TPSA) is 66.9 Å². The summed E-state index contributed by atoms with van der Waals surface area (Å²) in [6.45, 7) is 5.19. The zero-order valence-electron chi connectivity index (χ0n) is 15.4. The lowest BCUT2D eigenvalue weighted by Crippen LogP contribution is -2.44. The SMILES string of the molecule is C=CCOc1ccc(/C=C2\SC(=O)N(CC(=O)N3CCCCC3)C2=O)cc1Br. The van der Waals surface area contributed by atoms with Crippen LogP contribution in [-0.4, -0.2) is 53.1 Å². The van der Waals surface area contributed by atoms with Crippen LogP contribution in [0.25, 0.3) is 6.08 Å². The maximum atomic E-state index is 12.6. The average molecular weight is 465 g/mol. The fraction of sp³-hybridized carbons (Fsp3) is 0.350. The van der Waals surface area contributed by atoms with Gasteiger partial charge in [0.15, 0.2) is 0 Å². The predicted molar refractivity (Wildman–Crippen MR) is 113 cm³/mol. The number of carbonyl (C=O) groups excluding carboxylic acids is 3. The van der Waals surface area contributed by atoms with E-state index in [-0.39, 0.29) is 12.5 Å². The number of rotatable bonds is 6. The Hall–Kier alpha value is -2.06. The second-order valence-corrected chi connectivity index (χ2v) is 8.35. The van der Waals surface area contributed by atoms with Gasteiger partial charge in [-0.1, -0.05) is 18.7 Å². The quantitative estimate of drug-likeness (QED) is 0.468. The van der Waals surface area contributed by atoms with E-state index in [0.717, 1.165) is 46.0 Å². The molecule has 0 radical (unpaired) electrons. The molecule has 3 amide bonds. The minimum atomic E-state index is -0.427. The number of hydrogen-bond donors (Lipinski definition) is 0. The molecule has 1 aromatic carbocycles. The van der Waals surface area contributed by atoms with Crippen molar-refractivity contribution >= 4 is 50.8 Å². The van der Waals surface area contributed by atoms with Crippen LogP contribution in [-0.2, 0) is 9.59 Å². The van der Waals surface area contributed by atoms with Crippen molar-refractivity contribution in [3.63, 3.8) is 0 Å². The van der Waals surface area contributed by atoms with Gasteiger partial charge in [0.1, 0.15) is 18.9 Å². The molecule has 0 atom stereocenters. The molecule has 0 unspecified atom stereocenters. The molecule has 2 aliphatic heterocycles. The Labute approximate surface area is 176 Å². The number of nitrogens with zero attached hydrogens (tertiary/aromatic N) is 2. The molecule has 2 heterocycles. The van der Waals surface area contributed by atoms with Gasteiger partial charge in [-0.05, 0) is 70.7 Å². The van der Waals surface area contributed by atoms with E-state index in [1.54, 1.807) is 29.2 Å². The lowest BCUT2D eigenvalue weighted by molar-refractivity contribution is -0.136. The molecule has 8 heteroatoms. The van der Waals surface area contributed by atoms with Crippen molar-refractivity contribution < 1.29 is 19.1 Å². The molecule has 0 bridgehead atoms. The molecular formula is C20H21BrN2O4S. The Morgan fingerprint density at radius 2 is 2.00 bits per heavy atom. The molecule has 0 aliphatic carbocycles. The minimum Gasteiger partial charge on any atom is -0.488 e. The van der Waals surface area contributed by atoms with Gasteiger partial charge >= 0.3 is 0 Å². The highest BCUT2D eigenvalue weighted by molar-refractivity contribution is 9.10. The Bertz CT molecular complexity index is 833. The van der Waals surface area contributed by atoms with Crippen molar-refractivity contribution in [1.82, 2.24) is 9.80 Å². The molecule has 0 saturated carbocycles. The van der Waals surface area contributed by atoms with Gasteiger partial charge in [-0.2, -0.15) is 0 Å². The Morgan fingerprint density at radius 3 is 2.68 bits per heavy atom. The van der Waals surface area contributed by atoms with Crippen molar-refractivity contribution in [1.29, 1.82) is 0 Å². The smallest absolute Gasteiger partial charge is 0.294 e. The zero-order chi connectivity index (χ0) is 20.1. The van der Waals surface area contributed by atoms with Crippen LogP contribution in [0.3, 0.4) is 0 Å². The number of carbonyl (C=O) groups is 3. The van der Waals surface area contributed by atoms with Gasteiger partial charge < -0.3 is 9.64 Å². The molecule has 3 rings (SSSR count). The van der Waals surface area contributed by atoms with E-state index in [0.29, 0.717) is 30.4 Å². The summed E-state index contributed by atoms with van der Waals surface area (Å²) in [6, 6.07) is 5.39. The highest BCUT2D eigenvalue weighted by atomic mass is 79.9. The van der Waals surface area contributed by atoms with E-state index >= 15 is 0 Å². The number of imide groups is 1. The molecule has 148 valence electrons. The minimum absolute atomic E-state index is 0.172. The van der Waals surface area contributed by atoms with Crippen LogP contribution in [0.5, 0.6) is 5.75 Å². The third kappa shape index (κ3) is 4.86. The van der Waals surface area contributed by atoms with Gasteiger partial charge in [0.25, 0.3) is 11.1 Å². The van der Waals surface area contributed by atoms with E-state index in [1.807, 2.05) is 6.07 Å². The molecule has 28 heavy (non-hydrogen) atoms. The van der Waals surface area contributed by atoms with Gasteiger partial charge in [-0.15, -0.1) is 0 Å². The van der Waals surface area contributed by atoms with Crippen LogP contribution in [0.15, 0.2) is 40.2 Å². The molecule has 0 spiro atoms. The predicted octanol–water partition coefficient (Wildman–Crippen LogP) is 4.06. The molecule has 0 N–H and O–H groups in total. The third-order valence-corrected chi connectivity index (χ3v) is 6.01. The van der Waals surface area contributed by atoms with Gasteiger partial charge in [-0.25, -0.2) is 0 Å². The van der Waals surface area contributed by atoms with Crippen molar-refractivity contribution in [2.45, 2.75) is 19.3 Å². The number of ether oxygens (including phenoxy) is 1. The molecule has 6 nitrogen and oxygen atoms in total. The van der Waals surface area contributed by atoms with Crippen molar-refractivity contribution in [2.75, 3.05) is 26.2 Å². The van der Waals surface area contributed by atoms with E-state index < -0.39 is 11.1 Å². The summed E-state index contributed by atoms with van der Waals surface area (Å²) >= 11 is 4.29. The molecule has 2 fully saturated rings. The second kappa shape index (κ2) is 9.43. The Kier molecular flexibility index (Phi) is 6.96. The average Bonchev–Trinajstić information content (AvgIpc) is 2.95. The number of benzene rings is 1. The van der Waals surface area contributed by atoms with Crippen molar-refractivity contribution in [3.05, 3.63) is 45.8 Å². The molecule has 0 aromatic heterocycles. The van der Waals surface area contributed by atoms with E-state index in [4.69, 9.17) is 4.74 Å². The van der Waals surface area contributed by atoms with Gasteiger partial charge in [-0.3, -0.25) is 19.3 Å². The highest BCUT2D eigenvalue weighted by Crippen LogP contribution is 2.34. The molecular weight excluding hydrogens is 444 g/mol. The number of hydrogen-bond acceptors (Lipinski definition) is 5. The standard InChI is InChI=1S/C20H21BrN2O4S/c1-2-10-27-16-7-6-14(11-15(16)21)12-17-19(25)23(20(26)28-17)13-18(24)22-8-4-3-5-9-22/h2,6-7,11-12H,1,3-5,8-10,13H2/b17-12-.